The average Bonchev–Trinajstić information content (AvgIpc) is 2.81. The lowest BCUT2D eigenvalue weighted by atomic mass is 10.0. The fourth-order valence-electron chi connectivity index (χ4n) is 3.59. The van der Waals surface area contributed by atoms with E-state index in [0.29, 0.717) is 38.9 Å². The fraction of sp³-hybridized carbons (Fsp3) is 0.375. The number of para-hydroxylation sites is 1. The lowest BCUT2D eigenvalue weighted by molar-refractivity contribution is 0.0169. The summed E-state index contributed by atoms with van der Waals surface area (Å²) in [5.74, 6) is 1.26. The summed E-state index contributed by atoms with van der Waals surface area (Å²) in [5, 5.41) is 6.73. The second-order valence-electron chi connectivity index (χ2n) is 7.23. The predicted octanol–water partition coefficient (Wildman–Crippen LogP) is 3.75. The van der Waals surface area contributed by atoms with Crippen LogP contribution in [0, 0.1) is 5.82 Å². The molecule has 2 aromatic rings. The normalized spacial score (nSPS) is 15.4. The molecule has 2 N–H and O–H groups in total. The number of hydrogen-bond donors (Lipinski definition) is 2. The Balaban J connectivity index is 0.00000363. The molecule has 2 aromatic carbocycles. The minimum atomic E-state index is -0.227. The van der Waals surface area contributed by atoms with Gasteiger partial charge in [0.2, 0.25) is 0 Å². The Morgan fingerprint density at radius 3 is 2.72 bits per heavy atom. The molecule has 0 aromatic heterocycles. The number of halogens is 2. The first-order valence-electron chi connectivity index (χ1n) is 10.5. The minimum absolute atomic E-state index is 0. The molecule has 0 amide bonds. The van der Waals surface area contributed by atoms with Crippen molar-refractivity contribution in [3.8, 4) is 5.75 Å². The molecule has 0 aliphatic carbocycles. The quantitative estimate of drug-likeness (QED) is 0.214. The monoisotopic (exact) mass is 554 g/mol. The van der Waals surface area contributed by atoms with E-state index < -0.39 is 0 Å². The number of rotatable bonds is 9. The summed E-state index contributed by atoms with van der Waals surface area (Å²) in [6.45, 7) is 8.29. The first-order chi connectivity index (χ1) is 15.2. The largest absolute Gasteiger partial charge is 0.489 e. The van der Waals surface area contributed by atoms with Gasteiger partial charge in [-0.2, -0.15) is 0 Å². The molecule has 1 aliphatic heterocycles. The van der Waals surface area contributed by atoms with E-state index in [9.17, 15) is 4.39 Å². The van der Waals surface area contributed by atoms with Crippen LogP contribution in [0.25, 0.3) is 0 Å². The van der Waals surface area contributed by atoms with Crippen LogP contribution < -0.4 is 15.4 Å². The Bertz CT molecular complexity index is 875. The molecule has 6 nitrogen and oxygen atoms in total. The highest BCUT2D eigenvalue weighted by molar-refractivity contribution is 14.0. The Kier molecular flexibility index (Phi) is 11.5. The van der Waals surface area contributed by atoms with E-state index >= 15 is 0 Å². The van der Waals surface area contributed by atoms with Crippen LogP contribution in [0.15, 0.2) is 66.2 Å². The number of morpholine rings is 1. The highest BCUT2D eigenvalue weighted by atomic mass is 127. The van der Waals surface area contributed by atoms with E-state index in [2.05, 4.69) is 27.1 Å². The summed E-state index contributed by atoms with van der Waals surface area (Å²) in [6.07, 6.45) is 1.73. The molecule has 1 heterocycles. The predicted molar refractivity (Wildman–Crippen MR) is 137 cm³/mol. The lowest BCUT2D eigenvalue weighted by Gasteiger charge is -2.35. The van der Waals surface area contributed by atoms with Crippen molar-refractivity contribution >= 4 is 29.9 Å². The van der Waals surface area contributed by atoms with Crippen molar-refractivity contribution in [2.45, 2.75) is 12.6 Å². The molecule has 174 valence electrons. The van der Waals surface area contributed by atoms with Gasteiger partial charge in [0.15, 0.2) is 5.96 Å². The van der Waals surface area contributed by atoms with E-state index in [1.807, 2.05) is 30.3 Å². The molecule has 3 rings (SSSR count). The highest BCUT2D eigenvalue weighted by Crippen LogP contribution is 2.22. The topological polar surface area (TPSA) is 58.1 Å². The number of hydrogen-bond acceptors (Lipinski definition) is 4. The second-order valence-corrected chi connectivity index (χ2v) is 7.23. The Labute approximate surface area is 206 Å². The molecule has 1 atom stereocenters. The molecule has 0 spiro atoms. The van der Waals surface area contributed by atoms with Gasteiger partial charge in [-0.3, -0.25) is 9.89 Å². The van der Waals surface area contributed by atoms with E-state index in [-0.39, 0.29) is 35.8 Å². The van der Waals surface area contributed by atoms with Crippen LogP contribution in [0.4, 0.5) is 4.39 Å². The Morgan fingerprint density at radius 1 is 1.22 bits per heavy atom. The van der Waals surface area contributed by atoms with E-state index in [1.165, 1.54) is 6.07 Å². The third-order valence-electron chi connectivity index (χ3n) is 5.18. The van der Waals surface area contributed by atoms with Crippen LogP contribution in [-0.2, 0) is 11.3 Å². The number of ether oxygens (including phenoxy) is 2. The maximum atomic E-state index is 13.9. The number of guanidine groups is 1. The third-order valence-corrected chi connectivity index (χ3v) is 5.18. The van der Waals surface area contributed by atoms with Crippen molar-refractivity contribution in [2.75, 3.05) is 46.5 Å². The minimum Gasteiger partial charge on any atom is -0.489 e. The van der Waals surface area contributed by atoms with Gasteiger partial charge in [0.25, 0.3) is 0 Å². The maximum absolute atomic E-state index is 13.9. The molecule has 8 heteroatoms. The maximum Gasteiger partial charge on any atom is 0.191 e. The van der Waals surface area contributed by atoms with E-state index in [1.54, 1.807) is 25.3 Å². The third kappa shape index (κ3) is 7.75. The van der Waals surface area contributed by atoms with Crippen LogP contribution in [0.1, 0.15) is 17.2 Å². The first-order valence-corrected chi connectivity index (χ1v) is 10.5. The second kappa shape index (κ2) is 14.1. The molecule has 1 aliphatic rings. The molecule has 0 radical (unpaired) electrons. The zero-order chi connectivity index (χ0) is 21.9. The molecule has 0 saturated carbocycles. The van der Waals surface area contributed by atoms with Crippen LogP contribution >= 0.6 is 24.0 Å². The molecule has 1 saturated heterocycles. The Morgan fingerprint density at radius 2 is 2.00 bits per heavy atom. The van der Waals surface area contributed by atoms with Gasteiger partial charge >= 0.3 is 0 Å². The van der Waals surface area contributed by atoms with Crippen LogP contribution in [0.5, 0.6) is 5.75 Å². The summed E-state index contributed by atoms with van der Waals surface area (Å²) in [7, 11) is 1.74. The van der Waals surface area contributed by atoms with Gasteiger partial charge in [-0.25, -0.2) is 4.39 Å². The zero-order valence-corrected chi connectivity index (χ0v) is 20.8. The van der Waals surface area contributed by atoms with Gasteiger partial charge < -0.3 is 20.1 Å². The van der Waals surface area contributed by atoms with Gasteiger partial charge in [-0.15, -0.1) is 24.0 Å². The van der Waals surface area contributed by atoms with Crippen molar-refractivity contribution in [3.05, 3.63) is 78.1 Å². The van der Waals surface area contributed by atoms with Gasteiger partial charge in [-0.05, 0) is 23.8 Å². The van der Waals surface area contributed by atoms with Crippen molar-refractivity contribution in [1.82, 2.24) is 15.5 Å². The molecule has 0 bridgehead atoms. The standard InChI is InChI=1S/C24H31FN4O2.HI/c1-3-13-31-23-10-5-4-7-20(23)17-27-24(26-2)28-18-22(29-11-14-30-15-12-29)19-8-6-9-21(25)16-19;/h3-10,16,22H,1,11-15,17-18H2,2H3,(H2,26,27,28);1H. The van der Waals surface area contributed by atoms with Crippen LogP contribution in [0.3, 0.4) is 0 Å². The van der Waals surface area contributed by atoms with Crippen molar-refractivity contribution < 1.29 is 13.9 Å². The molecule has 32 heavy (non-hydrogen) atoms. The van der Waals surface area contributed by atoms with E-state index in [4.69, 9.17) is 9.47 Å². The number of benzene rings is 2. The van der Waals surface area contributed by atoms with Gasteiger partial charge in [-0.1, -0.05) is 43.0 Å². The molecule has 1 unspecified atom stereocenters. The number of aliphatic imine (C=N–C) groups is 1. The van der Waals surface area contributed by atoms with E-state index in [0.717, 1.165) is 30.0 Å². The highest BCUT2D eigenvalue weighted by Gasteiger charge is 2.23. The zero-order valence-electron chi connectivity index (χ0n) is 18.4. The van der Waals surface area contributed by atoms with Crippen molar-refractivity contribution in [1.29, 1.82) is 0 Å². The summed E-state index contributed by atoms with van der Waals surface area (Å²) in [5.41, 5.74) is 1.97. The van der Waals surface area contributed by atoms with Gasteiger partial charge in [0.1, 0.15) is 18.2 Å². The van der Waals surface area contributed by atoms with Crippen molar-refractivity contribution in [2.24, 2.45) is 4.99 Å². The molecule has 1 fully saturated rings. The summed E-state index contributed by atoms with van der Waals surface area (Å²) in [4.78, 5) is 6.66. The fourth-order valence-corrected chi connectivity index (χ4v) is 3.59. The number of nitrogens with one attached hydrogen (secondary N) is 2. The van der Waals surface area contributed by atoms with Gasteiger partial charge in [0, 0.05) is 38.8 Å². The smallest absolute Gasteiger partial charge is 0.191 e. The summed E-state index contributed by atoms with van der Waals surface area (Å²) < 4.78 is 25.1. The SMILES string of the molecule is C=CCOc1ccccc1CNC(=NC)NCC(c1cccc(F)c1)N1CCOCC1.I. The van der Waals surface area contributed by atoms with Gasteiger partial charge in [0.05, 0.1) is 19.3 Å². The molecular formula is C24H32FIN4O2. The van der Waals surface area contributed by atoms with Crippen LogP contribution in [0.2, 0.25) is 0 Å². The Hall–Kier alpha value is -2.17. The first kappa shape index (κ1) is 26.1. The summed E-state index contributed by atoms with van der Waals surface area (Å²) in [6, 6.07) is 14.7. The summed E-state index contributed by atoms with van der Waals surface area (Å²) >= 11 is 0. The lowest BCUT2D eigenvalue weighted by Crippen LogP contribution is -2.46. The van der Waals surface area contributed by atoms with Crippen LogP contribution in [-0.4, -0.2) is 57.4 Å². The molecular weight excluding hydrogens is 522 g/mol. The number of nitrogens with zero attached hydrogens (tertiary/aromatic N) is 2. The van der Waals surface area contributed by atoms with Crippen molar-refractivity contribution in [3.63, 3.8) is 0 Å². The average molecular weight is 554 g/mol.